The molecule has 0 aliphatic rings. The average molecular weight is 446 g/mol. The Morgan fingerprint density at radius 3 is 2.58 bits per heavy atom. The maximum atomic E-state index is 12.0. The molecular weight excluding hydrogens is 425 g/mol. The highest BCUT2D eigenvalue weighted by molar-refractivity contribution is 7.18. The number of benzene rings is 2. The normalized spacial score (nSPS) is 11.1. The molecule has 0 spiro atoms. The number of thiazole rings is 1. The first-order chi connectivity index (χ1) is 14.8. The van der Waals surface area contributed by atoms with Crippen molar-refractivity contribution in [1.82, 2.24) is 9.97 Å². The first-order valence-electron chi connectivity index (χ1n) is 9.38. The SMILES string of the molecule is Cc1ccc(C(F)(F)F)c(O)c1.NCCNc1ncc(-c2ccc3cnccc3c2)s1. The predicted molar refractivity (Wildman–Crippen MR) is 118 cm³/mol. The lowest BCUT2D eigenvalue weighted by Crippen LogP contribution is -2.12. The number of halogens is 3. The Morgan fingerprint density at radius 1 is 1.06 bits per heavy atom. The molecule has 4 rings (SSSR count). The standard InChI is InChI=1S/C14H14N4S.C8H7F3O/c15-4-6-17-14-18-9-13(19-14)11-1-2-12-8-16-5-3-10(12)7-11;1-5-2-3-6(7(12)4-5)8(9,10)11/h1-3,5,7-9H,4,6,15H2,(H,17,18);2-4,12H,1H3. The summed E-state index contributed by atoms with van der Waals surface area (Å²) in [7, 11) is 0. The molecule has 0 saturated heterocycles. The second kappa shape index (κ2) is 9.76. The summed E-state index contributed by atoms with van der Waals surface area (Å²) < 4.78 is 36.1. The first-order valence-corrected chi connectivity index (χ1v) is 10.2. The fourth-order valence-corrected chi connectivity index (χ4v) is 3.62. The van der Waals surface area contributed by atoms with Gasteiger partial charge in [0.15, 0.2) is 5.13 Å². The highest BCUT2D eigenvalue weighted by Crippen LogP contribution is 2.35. The van der Waals surface area contributed by atoms with E-state index in [1.165, 1.54) is 17.0 Å². The molecule has 162 valence electrons. The van der Waals surface area contributed by atoms with E-state index in [2.05, 4.69) is 33.5 Å². The number of aromatic hydroxyl groups is 1. The van der Waals surface area contributed by atoms with Crippen molar-refractivity contribution in [2.45, 2.75) is 13.1 Å². The summed E-state index contributed by atoms with van der Waals surface area (Å²) in [5.41, 5.74) is 6.25. The van der Waals surface area contributed by atoms with Gasteiger partial charge in [0.05, 0.1) is 10.4 Å². The van der Waals surface area contributed by atoms with Crippen molar-refractivity contribution in [3.05, 3.63) is 72.2 Å². The molecule has 0 aliphatic carbocycles. The third kappa shape index (κ3) is 5.93. The zero-order chi connectivity index (χ0) is 22.4. The molecule has 0 atom stereocenters. The number of hydrogen-bond acceptors (Lipinski definition) is 6. The number of rotatable bonds is 4. The van der Waals surface area contributed by atoms with Gasteiger partial charge in [-0.2, -0.15) is 13.2 Å². The van der Waals surface area contributed by atoms with Crippen LogP contribution in [0.5, 0.6) is 5.75 Å². The minimum atomic E-state index is -4.47. The summed E-state index contributed by atoms with van der Waals surface area (Å²) in [4.78, 5) is 9.62. The average Bonchev–Trinajstić information content (AvgIpc) is 3.20. The van der Waals surface area contributed by atoms with Crippen LogP contribution in [0.3, 0.4) is 0 Å². The minimum absolute atomic E-state index is 0.598. The Labute approximate surface area is 181 Å². The number of nitrogens with zero attached hydrogens (tertiary/aromatic N) is 2. The second-order valence-electron chi connectivity index (χ2n) is 6.70. The Hall–Kier alpha value is -3.17. The molecule has 0 fully saturated rings. The third-order valence-corrected chi connectivity index (χ3v) is 5.31. The molecule has 4 aromatic rings. The number of nitrogens with two attached hydrogens (primary N) is 1. The van der Waals surface area contributed by atoms with Crippen molar-refractivity contribution in [3.63, 3.8) is 0 Å². The monoisotopic (exact) mass is 446 g/mol. The maximum absolute atomic E-state index is 12.0. The molecule has 2 aromatic carbocycles. The number of hydrogen-bond donors (Lipinski definition) is 3. The zero-order valence-electron chi connectivity index (χ0n) is 16.6. The van der Waals surface area contributed by atoms with Crippen molar-refractivity contribution in [1.29, 1.82) is 0 Å². The van der Waals surface area contributed by atoms with Crippen molar-refractivity contribution in [3.8, 4) is 16.2 Å². The lowest BCUT2D eigenvalue weighted by atomic mass is 10.1. The van der Waals surface area contributed by atoms with E-state index < -0.39 is 17.5 Å². The Kier molecular flexibility index (Phi) is 7.09. The number of anilines is 1. The van der Waals surface area contributed by atoms with E-state index in [-0.39, 0.29) is 0 Å². The Bertz CT molecular complexity index is 1160. The molecule has 2 heterocycles. The van der Waals surface area contributed by atoms with Gasteiger partial charge in [0.25, 0.3) is 0 Å². The summed E-state index contributed by atoms with van der Waals surface area (Å²) in [5, 5.41) is 15.4. The van der Waals surface area contributed by atoms with Gasteiger partial charge in [0.2, 0.25) is 0 Å². The van der Waals surface area contributed by atoms with Gasteiger partial charge in [-0.1, -0.05) is 29.5 Å². The molecule has 4 N–H and O–H groups in total. The second-order valence-corrected chi connectivity index (χ2v) is 7.73. The molecule has 0 saturated carbocycles. The van der Waals surface area contributed by atoms with E-state index in [1.807, 2.05) is 24.7 Å². The van der Waals surface area contributed by atoms with E-state index in [1.54, 1.807) is 18.3 Å². The molecule has 2 aromatic heterocycles. The molecule has 31 heavy (non-hydrogen) atoms. The van der Waals surface area contributed by atoms with Crippen LogP contribution in [0, 0.1) is 6.92 Å². The number of phenolic OH excluding ortho intramolecular Hbond substituents is 1. The van der Waals surface area contributed by atoms with Gasteiger partial charge < -0.3 is 16.2 Å². The van der Waals surface area contributed by atoms with Crippen LogP contribution < -0.4 is 11.1 Å². The van der Waals surface area contributed by atoms with Crippen LogP contribution in [-0.4, -0.2) is 28.2 Å². The number of aromatic nitrogens is 2. The van der Waals surface area contributed by atoms with E-state index in [4.69, 9.17) is 10.8 Å². The van der Waals surface area contributed by atoms with Gasteiger partial charge in [-0.05, 0) is 47.7 Å². The number of alkyl halides is 3. The molecule has 0 amide bonds. The highest BCUT2D eigenvalue weighted by Gasteiger charge is 2.33. The van der Waals surface area contributed by atoms with Crippen LogP contribution in [0.15, 0.2) is 61.1 Å². The van der Waals surface area contributed by atoms with Gasteiger partial charge >= 0.3 is 6.18 Å². The summed E-state index contributed by atoms with van der Waals surface area (Å²) in [6.07, 6.45) is 1.11. The van der Waals surface area contributed by atoms with Gasteiger partial charge in [0, 0.05) is 37.1 Å². The molecule has 9 heteroatoms. The lowest BCUT2D eigenvalue weighted by molar-refractivity contribution is -0.138. The predicted octanol–water partition coefficient (Wildman–Crippen LogP) is 5.45. The van der Waals surface area contributed by atoms with E-state index in [0.29, 0.717) is 12.1 Å². The smallest absolute Gasteiger partial charge is 0.419 e. The van der Waals surface area contributed by atoms with Crippen LogP contribution in [0.4, 0.5) is 18.3 Å². The molecule has 0 bridgehead atoms. The largest absolute Gasteiger partial charge is 0.507 e. The van der Waals surface area contributed by atoms with Crippen LogP contribution in [-0.2, 0) is 6.18 Å². The quantitative estimate of drug-likeness (QED) is 0.388. The van der Waals surface area contributed by atoms with Crippen molar-refractivity contribution in [2.24, 2.45) is 5.73 Å². The summed E-state index contributed by atoms with van der Waals surface area (Å²) in [6, 6.07) is 11.6. The van der Waals surface area contributed by atoms with Crippen LogP contribution in [0.25, 0.3) is 21.2 Å². The van der Waals surface area contributed by atoms with Gasteiger partial charge in [-0.15, -0.1) is 0 Å². The molecule has 5 nitrogen and oxygen atoms in total. The van der Waals surface area contributed by atoms with Gasteiger partial charge in [-0.25, -0.2) is 4.98 Å². The summed E-state index contributed by atoms with van der Waals surface area (Å²) >= 11 is 1.64. The van der Waals surface area contributed by atoms with Crippen LogP contribution in [0.1, 0.15) is 11.1 Å². The van der Waals surface area contributed by atoms with Gasteiger partial charge in [0.1, 0.15) is 5.75 Å². The number of pyridine rings is 1. The minimum Gasteiger partial charge on any atom is -0.507 e. The number of fused-ring (bicyclic) bond motifs is 1. The van der Waals surface area contributed by atoms with E-state index >= 15 is 0 Å². The van der Waals surface area contributed by atoms with E-state index in [9.17, 15) is 13.2 Å². The first kappa shape index (κ1) is 22.5. The Balaban J connectivity index is 0.000000196. The molecule has 0 radical (unpaired) electrons. The highest BCUT2D eigenvalue weighted by atomic mass is 32.1. The lowest BCUT2D eigenvalue weighted by Gasteiger charge is -2.08. The van der Waals surface area contributed by atoms with Crippen LogP contribution >= 0.6 is 11.3 Å². The number of nitrogens with one attached hydrogen (secondary N) is 1. The molecule has 0 aliphatic heterocycles. The van der Waals surface area contributed by atoms with Crippen molar-refractivity contribution >= 4 is 27.2 Å². The van der Waals surface area contributed by atoms with Crippen molar-refractivity contribution in [2.75, 3.05) is 18.4 Å². The molecule has 0 unspecified atom stereocenters. The molecular formula is C22H21F3N4OS. The van der Waals surface area contributed by atoms with Gasteiger partial charge in [-0.3, -0.25) is 4.98 Å². The van der Waals surface area contributed by atoms with Crippen LogP contribution in [0.2, 0.25) is 0 Å². The number of phenols is 1. The zero-order valence-corrected chi connectivity index (χ0v) is 17.5. The third-order valence-electron chi connectivity index (χ3n) is 4.31. The Morgan fingerprint density at radius 2 is 1.87 bits per heavy atom. The summed E-state index contributed by atoms with van der Waals surface area (Å²) in [6.45, 7) is 2.97. The number of aryl methyl sites for hydroxylation is 1. The fraction of sp³-hybridized carbons (Fsp3) is 0.182. The maximum Gasteiger partial charge on any atom is 0.419 e. The van der Waals surface area contributed by atoms with Crippen molar-refractivity contribution < 1.29 is 18.3 Å². The van der Waals surface area contributed by atoms with E-state index in [0.717, 1.165) is 34.1 Å². The topological polar surface area (TPSA) is 84.1 Å². The summed E-state index contributed by atoms with van der Waals surface area (Å²) in [5.74, 6) is -0.720. The fourth-order valence-electron chi connectivity index (χ4n) is 2.79.